The van der Waals surface area contributed by atoms with Crippen LogP contribution in [-0.4, -0.2) is 39.7 Å². The highest BCUT2D eigenvalue weighted by Crippen LogP contribution is 2.12. The zero-order chi connectivity index (χ0) is 15.2. The zero-order valence-electron chi connectivity index (χ0n) is 12.7. The molecule has 2 rings (SSSR count). The van der Waals surface area contributed by atoms with Crippen LogP contribution in [0.5, 0.6) is 0 Å². The molecule has 0 saturated carbocycles. The number of rotatable bonds is 7. The Labute approximate surface area is 135 Å². The van der Waals surface area contributed by atoms with Crippen molar-refractivity contribution < 1.29 is 14.4 Å². The Morgan fingerprint density at radius 1 is 1.36 bits per heavy atom. The van der Waals surface area contributed by atoms with E-state index in [0.29, 0.717) is 31.2 Å². The zero-order valence-corrected chi connectivity index (χ0v) is 13.5. The van der Waals surface area contributed by atoms with Crippen LogP contribution in [-0.2, 0) is 17.8 Å². The number of carbonyl (C=O) groups is 1. The summed E-state index contributed by atoms with van der Waals surface area (Å²) in [7, 11) is 1.83. The van der Waals surface area contributed by atoms with Crippen LogP contribution in [0.15, 0.2) is 28.8 Å². The van der Waals surface area contributed by atoms with E-state index in [1.807, 2.05) is 30.1 Å². The third-order valence-electron chi connectivity index (χ3n) is 3.23. The van der Waals surface area contributed by atoms with E-state index in [0.717, 1.165) is 0 Å². The largest absolute Gasteiger partial charge is 0.481 e. The van der Waals surface area contributed by atoms with Crippen LogP contribution >= 0.6 is 12.4 Å². The number of carboxylic acids is 1. The van der Waals surface area contributed by atoms with Gasteiger partial charge in [-0.15, -0.1) is 12.4 Å². The highest BCUT2D eigenvalue weighted by molar-refractivity contribution is 5.85. The average Bonchev–Trinajstić information content (AvgIpc) is 2.86. The van der Waals surface area contributed by atoms with Gasteiger partial charge in [-0.3, -0.25) is 9.69 Å². The van der Waals surface area contributed by atoms with Gasteiger partial charge in [0.25, 0.3) is 0 Å². The van der Waals surface area contributed by atoms with E-state index in [-0.39, 0.29) is 18.8 Å². The molecule has 6 nitrogen and oxygen atoms in total. The van der Waals surface area contributed by atoms with Gasteiger partial charge in [0.15, 0.2) is 5.82 Å². The van der Waals surface area contributed by atoms with E-state index < -0.39 is 5.97 Å². The van der Waals surface area contributed by atoms with Gasteiger partial charge in [0.2, 0.25) is 5.89 Å². The van der Waals surface area contributed by atoms with Gasteiger partial charge in [0, 0.05) is 13.0 Å². The molecule has 0 saturated heterocycles. The summed E-state index contributed by atoms with van der Waals surface area (Å²) in [6.07, 6.45) is 0.732. The lowest BCUT2D eigenvalue weighted by Crippen LogP contribution is -2.21. The SMILES string of the molecule is Cc1ccccc1Cc1noc(CN(C)CCC(=O)O)n1.Cl. The van der Waals surface area contributed by atoms with Crippen molar-refractivity contribution in [1.29, 1.82) is 0 Å². The second-order valence-electron chi connectivity index (χ2n) is 5.09. The molecule has 0 aliphatic carbocycles. The normalized spacial score (nSPS) is 10.5. The molecule has 7 heteroatoms. The van der Waals surface area contributed by atoms with Crippen LogP contribution in [0.4, 0.5) is 0 Å². The van der Waals surface area contributed by atoms with Gasteiger partial charge in [-0.1, -0.05) is 29.4 Å². The van der Waals surface area contributed by atoms with Crippen molar-refractivity contribution >= 4 is 18.4 Å². The molecular formula is C15H20ClN3O3. The average molecular weight is 326 g/mol. The number of aromatic nitrogens is 2. The lowest BCUT2D eigenvalue weighted by molar-refractivity contribution is -0.137. The van der Waals surface area contributed by atoms with Crippen molar-refractivity contribution in [1.82, 2.24) is 15.0 Å². The smallest absolute Gasteiger partial charge is 0.304 e. The first-order chi connectivity index (χ1) is 10.0. The Hall–Kier alpha value is -1.92. The minimum absolute atomic E-state index is 0. The fraction of sp³-hybridized carbons (Fsp3) is 0.400. The van der Waals surface area contributed by atoms with Crippen molar-refractivity contribution in [2.24, 2.45) is 0 Å². The molecule has 1 aromatic heterocycles. The summed E-state index contributed by atoms with van der Waals surface area (Å²) in [5, 5.41) is 12.6. The van der Waals surface area contributed by atoms with Gasteiger partial charge >= 0.3 is 5.97 Å². The van der Waals surface area contributed by atoms with Crippen LogP contribution in [0, 0.1) is 6.92 Å². The molecule has 0 fully saturated rings. The molecule has 1 heterocycles. The molecule has 22 heavy (non-hydrogen) atoms. The maximum Gasteiger partial charge on any atom is 0.304 e. The van der Waals surface area contributed by atoms with Crippen LogP contribution in [0.2, 0.25) is 0 Å². The van der Waals surface area contributed by atoms with Gasteiger partial charge < -0.3 is 9.63 Å². The number of benzene rings is 1. The molecule has 0 spiro atoms. The van der Waals surface area contributed by atoms with Crippen LogP contribution in [0.1, 0.15) is 29.3 Å². The topological polar surface area (TPSA) is 79.5 Å². The number of aryl methyl sites for hydroxylation is 1. The highest BCUT2D eigenvalue weighted by Gasteiger charge is 2.11. The summed E-state index contributed by atoms with van der Waals surface area (Å²) in [5.74, 6) is 0.338. The minimum Gasteiger partial charge on any atom is -0.481 e. The van der Waals surface area contributed by atoms with Gasteiger partial charge in [-0.25, -0.2) is 0 Å². The summed E-state index contributed by atoms with van der Waals surface area (Å²) < 4.78 is 5.20. The monoisotopic (exact) mass is 325 g/mol. The first kappa shape index (κ1) is 18.1. The molecule has 0 atom stereocenters. The number of hydrogen-bond acceptors (Lipinski definition) is 5. The Bertz CT molecular complexity index is 616. The van der Waals surface area contributed by atoms with Crippen LogP contribution in [0.25, 0.3) is 0 Å². The summed E-state index contributed by atoms with van der Waals surface area (Å²) in [5.41, 5.74) is 2.37. The number of aliphatic carboxylic acids is 1. The Balaban J connectivity index is 0.00000242. The fourth-order valence-electron chi connectivity index (χ4n) is 2.00. The van der Waals surface area contributed by atoms with E-state index in [4.69, 9.17) is 9.63 Å². The maximum absolute atomic E-state index is 10.5. The summed E-state index contributed by atoms with van der Waals surface area (Å²) in [4.78, 5) is 16.7. The molecule has 0 aliphatic heterocycles. The predicted molar refractivity (Wildman–Crippen MR) is 84.1 cm³/mol. The van der Waals surface area contributed by atoms with Crippen molar-refractivity contribution in [3.05, 3.63) is 47.1 Å². The Morgan fingerprint density at radius 3 is 2.77 bits per heavy atom. The van der Waals surface area contributed by atoms with E-state index in [9.17, 15) is 4.79 Å². The molecule has 1 aromatic carbocycles. The molecule has 0 amide bonds. The van der Waals surface area contributed by atoms with Gasteiger partial charge in [-0.05, 0) is 25.1 Å². The van der Waals surface area contributed by atoms with E-state index in [2.05, 4.69) is 23.1 Å². The quantitative estimate of drug-likeness (QED) is 0.841. The van der Waals surface area contributed by atoms with Crippen molar-refractivity contribution in [3.63, 3.8) is 0 Å². The molecular weight excluding hydrogens is 306 g/mol. The van der Waals surface area contributed by atoms with E-state index >= 15 is 0 Å². The Morgan fingerprint density at radius 2 is 2.09 bits per heavy atom. The van der Waals surface area contributed by atoms with Crippen molar-refractivity contribution in [2.45, 2.75) is 26.3 Å². The fourth-order valence-corrected chi connectivity index (χ4v) is 2.00. The third-order valence-corrected chi connectivity index (χ3v) is 3.23. The maximum atomic E-state index is 10.5. The van der Waals surface area contributed by atoms with Gasteiger partial charge in [0.05, 0.1) is 13.0 Å². The second kappa shape index (κ2) is 8.51. The first-order valence-corrected chi connectivity index (χ1v) is 6.81. The summed E-state index contributed by atoms with van der Waals surface area (Å²) >= 11 is 0. The second-order valence-corrected chi connectivity index (χ2v) is 5.09. The van der Waals surface area contributed by atoms with Gasteiger partial charge in [-0.2, -0.15) is 4.98 Å². The number of halogens is 1. The lowest BCUT2D eigenvalue weighted by Gasteiger charge is -2.11. The third kappa shape index (κ3) is 5.46. The standard InChI is InChI=1S/C15H19N3O3.ClH/c1-11-5-3-4-6-12(11)9-13-16-14(21-17-13)10-18(2)8-7-15(19)20;/h3-6H,7-10H2,1-2H3,(H,19,20);1H. The van der Waals surface area contributed by atoms with Crippen molar-refractivity contribution in [3.8, 4) is 0 Å². The Kier molecular flexibility index (Phi) is 7.01. The summed E-state index contributed by atoms with van der Waals surface area (Å²) in [6.45, 7) is 2.95. The predicted octanol–water partition coefficient (Wildman–Crippen LogP) is 2.30. The molecule has 0 aliphatic rings. The number of nitrogens with zero attached hydrogens (tertiary/aromatic N) is 3. The van der Waals surface area contributed by atoms with E-state index in [1.54, 1.807) is 0 Å². The lowest BCUT2D eigenvalue weighted by atomic mass is 10.1. The van der Waals surface area contributed by atoms with E-state index in [1.165, 1.54) is 11.1 Å². The molecule has 0 bridgehead atoms. The first-order valence-electron chi connectivity index (χ1n) is 6.81. The molecule has 2 aromatic rings. The minimum atomic E-state index is -0.812. The van der Waals surface area contributed by atoms with Crippen molar-refractivity contribution in [2.75, 3.05) is 13.6 Å². The molecule has 1 N–H and O–H groups in total. The number of carboxylic acid groups (broad SMARTS) is 1. The van der Waals surface area contributed by atoms with Crippen LogP contribution in [0.3, 0.4) is 0 Å². The summed E-state index contributed by atoms with van der Waals surface area (Å²) in [6, 6.07) is 8.08. The molecule has 0 unspecified atom stereocenters. The van der Waals surface area contributed by atoms with Gasteiger partial charge in [0.1, 0.15) is 0 Å². The highest BCUT2D eigenvalue weighted by atomic mass is 35.5. The number of hydrogen-bond donors (Lipinski definition) is 1. The molecule has 0 radical (unpaired) electrons. The molecule has 120 valence electrons. The van der Waals surface area contributed by atoms with Crippen LogP contribution < -0.4 is 0 Å².